The van der Waals surface area contributed by atoms with Gasteiger partial charge in [-0.2, -0.15) is 0 Å². The van der Waals surface area contributed by atoms with Crippen molar-refractivity contribution in [2.75, 3.05) is 6.61 Å². The highest BCUT2D eigenvalue weighted by molar-refractivity contribution is 9.10. The van der Waals surface area contributed by atoms with Crippen molar-refractivity contribution in [2.24, 2.45) is 0 Å². The lowest BCUT2D eigenvalue weighted by atomic mass is 9.97. The number of rotatable bonds is 3. The topological polar surface area (TPSA) is 46.6 Å². The second-order valence-corrected chi connectivity index (χ2v) is 6.43. The number of carbonyl (C=O) groups is 2. The Balaban J connectivity index is 1.93. The van der Waals surface area contributed by atoms with Crippen LogP contribution in [0.1, 0.15) is 43.5 Å². The maximum absolute atomic E-state index is 12.3. The van der Waals surface area contributed by atoms with E-state index in [-0.39, 0.29) is 24.6 Å². The van der Waals surface area contributed by atoms with Gasteiger partial charge in [0.25, 0.3) is 5.91 Å². The highest BCUT2D eigenvalue weighted by Crippen LogP contribution is 2.22. The standard InChI is InChI=1S/C16H20BrNO3/c1-11-5-3-6-12(2)18(11)15(19)10-21-16(20)13-7-4-8-14(17)9-13/h4,7-9,11-12H,3,5-6,10H2,1-2H3. The van der Waals surface area contributed by atoms with E-state index in [9.17, 15) is 9.59 Å². The summed E-state index contributed by atoms with van der Waals surface area (Å²) in [5.74, 6) is -0.583. The van der Waals surface area contributed by atoms with Crippen molar-refractivity contribution in [1.29, 1.82) is 0 Å². The van der Waals surface area contributed by atoms with E-state index in [1.165, 1.54) is 0 Å². The van der Waals surface area contributed by atoms with Crippen LogP contribution in [0.4, 0.5) is 0 Å². The summed E-state index contributed by atoms with van der Waals surface area (Å²) < 4.78 is 5.95. The number of carbonyl (C=O) groups excluding carboxylic acids is 2. The van der Waals surface area contributed by atoms with Crippen LogP contribution in [-0.4, -0.2) is 35.5 Å². The van der Waals surface area contributed by atoms with Crippen LogP contribution in [0, 0.1) is 0 Å². The predicted molar refractivity (Wildman–Crippen MR) is 84.0 cm³/mol. The maximum Gasteiger partial charge on any atom is 0.338 e. The molecule has 0 N–H and O–H groups in total. The summed E-state index contributed by atoms with van der Waals surface area (Å²) in [6.45, 7) is 3.90. The summed E-state index contributed by atoms with van der Waals surface area (Å²) in [6.07, 6.45) is 3.16. The van der Waals surface area contributed by atoms with Gasteiger partial charge in [0.05, 0.1) is 5.56 Å². The van der Waals surface area contributed by atoms with Crippen LogP contribution in [0.2, 0.25) is 0 Å². The molecule has 0 saturated carbocycles. The van der Waals surface area contributed by atoms with E-state index in [0.717, 1.165) is 23.7 Å². The average molecular weight is 354 g/mol. The molecule has 21 heavy (non-hydrogen) atoms. The third-order valence-corrected chi connectivity index (χ3v) is 4.36. The highest BCUT2D eigenvalue weighted by atomic mass is 79.9. The van der Waals surface area contributed by atoms with Crippen molar-refractivity contribution in [2.45, 2.75) is 45.2 Å². The molecule has 0 bridgehead atoms. The molecule has 1 aromatic rings. The Hall–Kier alpha value is -1.36. The van der Waals surface area contributed by atoms with E-state index in [2.05, 4.69) is 15.9 Å². The van der Waals surface area contributed by atoms with Gasteiger partial charge in [0.2, 0.25) is 0 Å². The van der Waals surface area contributed by atoms with E-state index < -0.39 is 5.97 Å². The molecule has 1 fully saturated rings. The molecule has 1 aromatic carbocycles. The van der Waals surface area contributed by atoms with E-state index >= 15 is 0 Å². The highest BCUT2D eigenvalue weighted by Gasteiger charge is 2.29. The van der Waals surface area contributed by atoms with Crippen LogP contribution in [0.3, 0.4) is 0 Å². The summed E-state index contributed by atoms with van der Waals surface area (Å²) in [7, 11) is 0. The summed E-state index contributed by atoms with van der Waals surface area (Å²) in [5.41, 5.74) is 0.442. The normalized spacial score (nSPS) is 22.0. The van der Waals surface area contributed by atoms with Crippen LogP contribution in [0.25, 0.3) is 0 Å². The van der Waals surface area contributed by atoms with Gasteiger partial charge in [0, 0.05) is 16.6 Å². The van der Waals surface area contributed by atoms with Gasteiger partial charge < -0.3 is 9.64 Å². The Bertz CT molecular complexity index is 522. The van der Waals surface area contributed by atoms with Crippen molar-refractivity contribution in [3.8, 4) is 0 Å². The van der Waals surface area contributed by atoms with Crippen molar-refractivity contribution in [3.63, 3.8) is 0 Å². The molecule has 5 heteroatoms. The second kappa shape index (κ2) is 7.07. The number of amides is 1. The molecular formula is C16H20BrNO3. The third-order valence-electron chi connectivity index (χ3n) is 3.87. The zero-order valence-corrected chi connectivity index (χ0v) is 13.9. The summed E-state index contributed by atoms with van der Waals surface area (Å²) in [4.78, 5) is 26.0. The van der Waals surface area contributed by atoms with Gasteiger partial charge in [-0.25, -0.2) is 4.79 Å². The fourth-order valence-corrected chi connectivity index (χ4v) is 3.21. The predicted octanol–water partition coefficient (Wildman–Crippen LogP) is 3.40. The summed E-state index contributed by atoms with van der Waals surface area (Å²) in [6, 6.07) is 7.37. The number of ether oxygens (including phenoxy) is 1. The number of hydrogen-bond donors (Lipinski definition) is 0. The lowest BCUT2D eigenvalue weighted by molar-refractivity contribution is -0.140. The van der Waals surface area contributed by atoms with E-state index in [1.54, 1.807) is 18.2 Å². The number of halogens is 1. The smallest absolute Gasteiger partial charge is 0.338 e. The summed E-state index contributed by atoms with van der Waals surface area (Å²) >= 11 is 3.31. The van der Waals surface area contributed by atoms with Crippen LogP contribution in [0.15, 0.2) is 28.7 Å². The van der Waals surface area contributed by atoms with Gasteiger partial charge in [-0.1, -0.05) is 22.0 Å². The molecule has 0 aliphatic carbocycles. The first kappa shape index (κ1) is 16.0. The molecular weight excluding hydrogens is 334 g/mol. The lowest BCUT2D eigenvalue weighted by Crippen LogP contribution is -2.49. The Morgan fingerprint density at radius 1 is 1.29 bits per heavy atom. The Morgan fingerprint density at radius 3 is 2.57 bits per heavy atom. The molecule has 0 spiro atoms. The van der Waals surface area contributed by atoms with Gasteiger partial charge >= 0.3 is 5.97 Å². The number of benzene rings is 1. The minimum absolute atomic E-state index is 0.113. The van der Waals surface area contributed by atoms with Crippen LogP contribution in [-0.2, 0) is 9.53 Å². The molecule has 1 aliphatic rings. The number of hydrogen-bond acceptors (Lipinski definition) is 3. The largest absolute Gasteiger partial charge is 0.452 e. The first-order chi connectivity index (χ1) is 9.99. The lowest BCUT2D eigenvalue weighted by Gasteiger charge is -2.38. The minimum atomic E-state index is -0.470. The molecule has 4 nitrogen and oxygen atoms in total. The van der Waals surface area contributed by atoms with Gasteiger partial charge in [-0.15, -0.1) is 0 Å². The van der Waals surface area contributed by atoms with Gasteiger partial charge in [-0.05, 0) is 51.3 Å². The zero-order chi connectivity index (χ0) is 15.4. The number of nitrogens with zero attached hydrogens (tertiary/aromatic N) is 1. The van der Waals surface area contributed by atoms with E-state index in [0.29, 0.717) is 5.56 Å². The molecule has 0 radical (unpaired) electrons. The number of esters is 1. The van der Waals surface area contributed by atoms with Crippen molar-refractivity contribution >= 4 is 27.8 Å². The quantitative estimate of drug-likeness (QED) is 0.782. The van der Waals surface area contributed by atoms with Crippen LogP contribution < -0.4 is 0 Å². The molecule has 1 heterocycles. The Labute approximate surface area is 133 Å². The Morgan fingerprint density at radius 2 is 1.95 bits per heavy atom. The average Bonchev–Trinajstić information content (AvgIpc) is 2.44. The third kappa shape index (κ3) is 4.06. The van der Waals surface area contributed by atoms with Crippen LogP contribution >= 0.6 is 15.9 Å². The molecule has 0 aromatic heterocycles. The van der Waals surface area contributed by atoms with E-state index in [1.807, 2.05) is 24.8 Å². The molecule has 1 aliphatic heterocycles. The molecule has 2 unspecified atom stereocenters. The van der Waals surface area contributed by atoms with Gasteiger partial charge in [-0.3, -0.25) is 4.79 Å². The number of piperidine rings is 1. The van der Waals surface area contributed by atoms with Crippen LogP contribution in [0.5, 0.6) is 0 Å². The monoisotopic (exact) mass is 353 g/mol. The van der Waals surface area contributed by atoms with Crippen molar-refractivity contribution in [3.05, 3.63) is 34.3 Å². The molecule has 2 atom stereocenters. The first-order valence-electron chi connectivity index (χ1n) is 7.23. The second-order valence-electron chi connectivity index (χ2n) is 5.52. The zero-order valence-electron chi connectivity index (χ0n) is 12.3. The SMILES string of the molecule is CC1CCCC(C)N1C(=O)COC(=O)c1cccc(Br)c1. The van der Waals surface area contributed by atoms with Crippen molar-refractivity contribution < 1.29 is 14.3 Å². The maximum atomic E-state index is 12.3. The molecule has 1 amide bonds. The van der Waals surface area contributed by atoms with Crippen molar-refractivity contribution in [1.82, 2.24) is 4.90 Å². The molecule has 2 rings (SSSR count). The minimum Gasteiger partial charge on any atom is -0.452 e. The molecule has 1 saturated heterocycles. The fraction of sp³-hybridized carbons (Fsp3) is 0.500. The Kier molecular flexibility index (Phi) is 5.39. The summed E-state index contributed by atoms with van der Waals surface area (Å²) in [5, 5.41) is 0. The first-order valence-corrected chi connectivity index (χ1v) is 8.02. The van der Waals surface area contributed by atoms with E-state index in [4.69, 9.17) is 4.74 Å². The number of likely N-dealkylation sites (tertiary alicyclic amines) is 1. The van der Waals surface area contributed by atoms with Gasteiger partial charge in [0.1, 0.15) is 0 Å². The van der Waals surface area contributed by atoms with Gasteiger partial charge in [0.15, 0.2) is 6.61 Å². The fourth-order valence-electron chi connectivity index (χ4n) is 2.81. The molecule has 114 valence electrons.